The van der Waals surface area contributed by atoms with Crippen molar-refractivity contribution < 1.29 is 9.47 Å². The normalized spacial score (nSPS) is 18.7. The Balaban J connectivity index is 1.67. The summed E-state index contributed by atoms with van der Waals surface area (Å²) in [4.78, 5) is 11.2. The van der Waals surface area contributed by atoms with Crippen LogP contribution in [0.1, 0.15) is 24.5 Å². The highest BCUT2D eigenvalue weighted by atomic mass is 16.5. The van der Waals surface area contributed by atoms with Crippen molar-refractivity contribution in [3.63, 3.8) is 0 Å². The third kappa shape index (κ3) is 4.50. The van der Waals surface area contributed by atoms with Gasteiger partial charge < -0.3 is 14.4 Å². The molecule has 0 radical (unpaired) electrons. The zero-order valence-corrected chi connectivity index (χ0v) is 13.5. The second-order valence-electron chi connectivity index (χ2n) is 5.82. The van der Waals surface area contributed by atoms with E-state index in [0.29, 0.717) is 17.5 Å². The molecular weight excluding hydrogens is 290 g/mol. The Bertz CT molecular complexity index is 606. The Labute approximate surface area is 137 Å². The van der Waals surface area contributed by atoms with Gasteiger partial charge >= 0.3 is 0 Å². The third-order valence-electron chi connectivity index (χ3n) is 4.14. The molecule has 0 N–H and O–H groups in total. The second-order valence-corrected chi connectivity index (χ2v) is 5.82. The molecule has 2 aromatic rings. The SMILES string of the molecule is COCCN1CCCC(c2cccc(Oc3cccnc3)n2)C1. The molecule has 122 valence electrons. The standard InChI is InChI=1S/C18H23N3O2/c1-22-12-11-21-10-4-5-15(14-21)17-7-2-8-18(20-17)23-16-6-3-9-19-13-16/h2-3,6-9,13,15H,4-5,10-12,14H2,1H3. The second kappa shape index (κ2) is 8.04. The van der Waals surface area contributed by atoms with E-state index in [1.807, 2.05) is 24.3 Å². The van der Waals surface area contributed by atoms with Crippen LogP contribution < -0.4 is 4.74 Å². The number of pyridine rings is 2. The topological polar surface area (TPSA) is 47.5 Å². The highest BCUT2D eigenvalue weighted by Gasteiger charge is 2.22. The van der Waals surface area contributed by atoms with Crippen molar-refractivity contribution in [1.29, 1.82) is 0 Å². The average molecular weight is 313 g/mol. The molecular formula is C18H23N3O2. The predicted octanol–water partition coefficient (Wildman–Crippen LogP) is 3.09. The molecule has 3 rings (SSSR count). The number of piperidine rings is 1. The number of hydrogen-bond donors (Lipinski definition) is 0. The summed E-state index contributed by atoms with van der Waals surface area (Å²) in [5.74, 6) is 1.80. The summed E-state index contributed by atoms with van der Waals surface area (Å²) in [5, 5.41) is 0. The minimum atomic E-state index is 0.457. The van der Waals surface area contributed by atoms with Crippen LogP contribution >= 0.6 is 0 Å². The summed E-state index contributed by atoms with van der Waals surface area (Å²) in [6.45, 7) is 3.95. The number of likely N-dealkylation sites (tertiary alicyclic amines) is 1. The van der Waals surface area contributed by atoms with Crippen LogP contribution in [0.5, 0.6) is 11.6 Å². The molecule has 23 heavy (non-hydrogen) atoms. The van der Waals surface area contributed by atoms with Crippen LogP contribution in [0, 0.1) is 0 Å². The van der Waals surface area contributed by atoms with Gasteiger partial charge in [-0.25, -0.2) is 4.98 Å². The van der Waals surface area contributed by atoms with E-state index in [1.54, 1.807) is 19.5 Å². The lowest BCUT2D eigenvalue weighted by atomic mass is 9.94. The largest absolute Gasteiger partial charge is 0.437 e. The number of methoxy groups -OCH3 is 1. The maximum Gasteiger partial charge on any atom is 0.219 e. The van der Waals surface area contributed by atoms with Gasteiger partial charge in [-0.3, -0.25) is 4.98 Å². The van der Waals surface area contributed by atoms with E-state index >= 15 is 0 Å². The number of nitrogens with zero attached hydrogens (tertiary/aromatic N) is 3. The maximum atomic E-state index is 5.79. The van der Waals surface area contributed by atoms with E-state index in [2.05, 4.69) is 16.0 Å². The van der Waals surface area contributed by atoms with Gasteiger partial charge in [-0.05, 0) is 37.6 Å². The number of rotatable bonds is 6. The van der Waals surface area contributed by atoms with Gasteiger partial charge in [-0.15, -0.1) is 0 Å². The summed E-state index contributed by atoms with van der Waals surface area (Å²) in [6, 6.07) is 9.74. The van der Waals surface area contributed by atoms with Gasteiger partial charge in [0.1, 0.15) is 5.75 Å². The fourth-order valence-corrected chi connectivity index (χ4v) is 2.96. The summed E-state index contributed by atoms with van der Waals surface area (Å²) in [5.41, 5.74) is 1.11. The lowest BCUT2D eigenvalue weighted by Crippen LogP contribution is -2.36. The Morgan fingerprint density at radius 1 is 1.26 bits per heavy atom. The summed E-state index contributed by atoms with van der Waals surface area (Å²) in [7, 11) is 1.75. The minimum Gasteiger partial charge on any atom is -0.437 e. The monoisotopic (exact) mass is 313 g/mol. The molecule has 0 bridgehead atoms. The van der Waals surface area contributed by atoms with Crippen LogP contribution in [0.25, 0.3) is 0 Å². The molecule has 1 aliphatic heterocycles. The smallest absolute Gasteiger partial charge is 0.219 e. The van der Waals surface area contributed by atoms with Crippen LogP contribution in [0.3, 0.4) is 0 Å². The Morgan fingerprint density at radius 3 is 3.04 bits per heavy atom. The molecule has 0 amide bonds. The summed E-state index contributed by atoms with van der Waals surface area (Å²) in [6.07, 6.45) is 5.80. The van der Waals surface area contributed by atoms with Crippen LogP contribution in [0.2, 0.25) is 0 Å². The van der Waals surface area contributed by atoms with Gasteiger partial charge in [0, 0.05) is 44.1 Å². The molecule has 1 aliphatic rings. The quantitative estimate of drug-likeness (QED) is 0.820. The molecule has 1 unspecified atom stereocenters. The van der Waals surface area contributed by atoms with E-state index in [0.717, 1.165) is 31.9 Å². The van der Waals surface area contributed by atoms with Crippen molar-refractivity contribution in [2.75, 3.05) is 33.4 Å². The zero-order chi connectivity index (χ0) is 15.9. The first-order valence-electron chi connectivity index (χ1n) is 8.11. The molecule has 5 heteroatoms. The molecule has 0 spiro atoms. The fourth-order valence-electron chi connectivity index (χ4n) is 2.96. The fraction of sp³-hybridized carbons (Fsp3) is 0.444. The average Bonchev–Trinajstić information content (AvgIpc) is 2.61. The molecule has 5 nitrogen and oxygen atoms in total. The van der Waals surface area contributed by atoms with Crippen molar-refractivity contribution in [2.45, 2.75) is 18.8 Å². The molecule has 2 aromatic heterocycles. The Hall–Kier alpha value is -1.98. The molecule has 1 saturated heterocycles. The van der Waals surface area contributed by atoms with Crippen LogP contribution in [0.15, 0.2) is 42.7 Å². The number of hydrogen-bond acceptors (Lipinski definition) is 5. The first kappa shape index (κ1) is 15.9. The van der Waals surface area contributed by atoms with Gasteiger partial charge in [0.15, 0.2) is 0 Å². The Kier molecular flexibility index (Phi) is 5.56. The summed E-state index contributed by atoms with van der Waals surface area (Å²) < 4.78 is 11.0. The molecule has 0 aromatic carbocycles. The van der Waals surface area contributed by atoms with Gasteiger partial charge in [-0.2, -0.15) is 0 Å². The maximum absolute atomic E-state index is 5.79. The van der Waals surface area contributed by atoms with E-state index in [-0.39, 0.29) is 0 Å². The molecule has 3 heterocycles. The first-order valence-corrected chi connectivity index (χ1v) is 8.11. The van der Waals surface area contributed by atoms with Gasteiger partial charge in [-0.1, -0.05) is 6.07 Å². The van der Waals surface area contributed by atoms with Crippen molar-refractivity contribution in [2.24, 2.45) is 0 Å². The number of ether oxygens (including phenoxy) is 2. The minimum absolute atomic E-state index is 0.457. The third-order valence-corrected chi connectivity index (χ3v) is 4.14. The molecule has 1 atom stereocenters. The van der Waals surface area contributed by atoms with Crippen LogP contribution in [0.4, 0.5) is 0 Å². The molecule has 0 aliphatic carbocycles. The first-order chi connectivity index (χ1) is 11.3. The van der Waals surface area contributed by atoms with E-state index in [9.17, 15) is 0 Å². The Morgan fingerprint density at radius 2 is 2.22 bits per heavy atom. The molecule has 1 fully saturated rings. The van der Waals surface area contributed by atoms with E-state index in [1.165, 1.54) is 12.8 Å². The molecule has 0 saturated carbocycles. The summed E-state index contributed by atoms with van der Waals surface area (Å²) >= 11 is 0. The van der Waals surface area contributed by atoms with Gasteiger partial charge in [0.05, 0.1) is 12.8 Å². The highest BCUT2D eigenvalue weighted by Crippen LogP contribution is 2.27. The number of aromatic nitrogens is 2. The van der Waals surface area contributed by atoms with E-state index < -0.39 is 0 Å². The van der Waals surface area contributed by atoms with Crippen molar-refractivity contribution in [1.82, 2.24) is 14.9 Å². The van der Waals surface area contributed by atoms with Crippen molar-refractivity contribution in [3.05, 3.63) is 48.4 Å². The zero-order valence-electron chi connectivity index (χ0n) is 13.5. The van der Waals surface area contributed by atoms with Crippen LogP contribution in [-0.2, 0) is 4.74 Å². The van der Waals surface area contributed by atoms with Crippen LogP contribution in [-0.4, -0.2) is 48.2 Å². The van der Waals surface area contributed by atoms with E-state index in [4.69, 9.17) is 14.5 Å². The van der Waals surface area contributed by atoms with Gasteiger partial charge in [0.25, 0.3) is 0 Å². The van der Waals surface area contributed by atoms with Crippen molar-refractivity contribution >= 4 is 0 Å². The van der Waals surface area contributed by atoms with Crippen molar-refractivity contribution in [3.8, 4) is 11.6 Å². The van der Waals surface area contributed by atoms with Gasteiger partial charge in [0.2, 0.25) is 5.88 Å². The predicted molar refractivity (Wildman–Crippen MR) is 88.8 cm³/mol. The lowest BCUT2D eigenvalue weighted by molar-refractivity contribution is 0.127. The highest BCUT2D eigenvalue weighted by molar-refractivity contribution is 5.25. The lowest BCUT2D eigenvalue weighted by Gasteiger charge is -2.32.